The van der Waals surface area contributed by atoms with Crippen LogP contribution in [0.3, 0.4) is 0 Å². The van der Waals surface area contributed by atoms with E-state index in [9.17, 15) is 43.2 Å². The number of hydrogen-bond acceptors (Lipinski definition) is 15. The predicted molar refractivity (Wildman–Crippen MR) is 412 cm³/mol. The van der Waals surface area contributed by atoms with Gasteiger partial charge >= 0.3 is 0 Å². The number of benzene rings is 5. The zero-order valence-corrected chi connectivity index (χ0v) is 59.5. The number of amides is 8. The van der Waals surface area contributed by atoms with E-state index in [0.29, 0.717) is 24.2 Å². The van der Waals surface area contributed by atoms with Crippen molar-refractivity contribution in [1.82, 2.24) is 62.1 Å². The number of nitrogens with zero attached hydrogens (tertiary/aromatic N) is 3. The number of nitrogens with two attached hydrogens (primary N) is 1. The van der Waals surface area contributed by atoms with Crippen LogP contribution in [-0.4, -0.2) is 156 Å². The Bertz CT molecular complexity index is 4670. The maximum Gasteiger partial charge on any atom is 0.243 e. The van der Waals surface area contributed by atoms with Crippen molar-refractivity contribution >= 4 is 111 Å². The number of Topliss-reactive ketones (excluding diaryl/α,β-unsaturated/α-hetero) is 1. The molecule has 2 aliphatic heterocycles. The first-order chi connectivity index (χ1) is 50.9. The monoisotopic (exact) mass is 1420 g/mol. The fourth-order valence-corrected chi connectivity index (χ4v) is 12.6. The molecule has 8 aromatic rings. The molecule has 24 nitrogen and oxygen atoms in total. The number of aromatic nitrogens is 4. The molecule has 5 aromatic carbocycles. The summed E-state index contributed by atoms with van der Waals surface area (Å²) in [7, 11) is 3.15. The van der Waals surface area contributed by atoms with Gasteiger partial charge in [-0.2, -0.15) is 0 Å². The van der Waals surface area contributed by atoms with Crippen LogP contribution in [0.15, 0.2) is 164 Å². The molecule has 2 aliphatic rings. The second-order valence-electron chi connectivity index (χ2n) is 25.9. The number of carbonyl (C=O) groups excluding carboxylic acids is 9. The molecule has 3 aromatic heterocycles. The summed E-state index contributed by atoms with van der Waals surface area (Å²) in [4.78, 5) is 141. The molecular weight excluding hydrogens is 1330 g/mol. The van der Waals surface area contributed by atoms with Crippen molar-refractivity contribution in [3.8, 4) is 44.5 Å². The molecule has 24 heteroatoms. The summed E-state index contributed by atoms with van der Waals surface area (Å²) < 4.78 is 0. The molecule has 3 unspecified atom stereocenters. The van der Waals surface area contributed by atoms with Crippen molar-refractivity contribution in [2.24, 2.45) is 11.7 Å². The Morgan fingerprint density at radius 3 is 1.42 bits per heavy atom. The Hall–Kier alpha value is -12.0. The minimum atomic E-state index is -1.39. The van der Waals surface area contributed by atoms with Crippen molar-refractivity contribution < 1.29 is 43.2 Å². The number of imide groups is 1. The highest BCUT2D eigenvalue weighted by atomic mass is 16.2. The molecule has 0 fully saturated rings. The normalized spacial score (nSPS) is 12.3. The molecular formula is C81H89N15O9. The van der Waals surface area contributed by atoms with E-state index >= 15 is 0 Å². The Morgan fingerprint density at radius 2 is 0.933 bits per heavy atom. The van der Waals surface area contributed by atoms with Gasteiger partial charge in [0.05, 0.1) is 49.0 Å². The number of anilines is 2. The van der Waals surface area contributed by atoms with Gasteiger partial charge in [0.25, 0.3) is 0 Å². The number of aromatic amines is 2. The van der Waals surface area contributed by atoms with E-state index in [1.807, 2.05) is 105 Å². The van der Waals surface area contributed by atoms with Gasteiger partial charge in [-0.05, 0) is 154 Å². The number of nitrogens with one attached hydrogen (secondary N) is 11. The van der Waals surface area contributed by atoms with Gasteiger partial charge in [-0.15, -0.1) is 0 Å². The Balaban J connectivity index is 0.844. The zero-order chi connectivity index (χ0) is 74.4. The maximum atomic E-state index is 14.4. The van der Waals surface area contributed by atoms with Gasteiger partial charge in [0.1, 0.15) is 18.1 Å². The third kappa shape index (κ3) is 19.8. The fourth-order valence-electron chi connectivity index (χ4n) is 12.6. The van der Waals surface area contributed by atoms with Crippen LogP contribution in [0.1, 0.15) is 92.4 Å². The lowest BCUT2D eigenvalue weighted by Crippen LogP contribution is -2.54. The van der Waals surface area contributed by atoms with E-state index in [4.69, 9.17) is 15.7 Å². The second-order valence-corrected chi connectivity index (χ2v) is 25.9. The van der Waals surface area contributed by atoms with Crippen LogP contribution < -0.4 is 53.6 Å². The summed E-state index contributed by atoms with van der Waals surface area (Å²) in [6.45, 7) is 4.74. The lowest BCUT2D eigenvalue weighted by atomic mass is 10.0. The molecule has 0 radical (unpaired) electrons. The van der Waals surface area contributed by atoms with E-state index in [1.54, 1.807) is 44.3 Å². The molecule has 105 heavy (non-hydrogen) atoms. The molecule has 8 amide bonds. The summed E-state index contributed by atoms with van der Waals surface area (Å²) in [6, 6.07) is 49.0. The first-order valence-electron chi connectivity index (χ1n) is 35.3. The average Bonchev–Trinajstić information content (AvgIpc) is 1.62. The highest BCUT2D eigenvalue weighted by Crippen LogP contribution is 2.39. The SMILES string of the molecule is CNCC(=O)NCCNC(=O)CNC(=O)C(CC(C)C)NC(=O)C(C)Nc1ccccc1C(=O)CNC(=O)C(CCCCN)N(C(=O)CCC(=O)Nc1ccc(-c2c3nc(c(-c4ccccc4)c4ccc([nH]4)c(-c4ccccc4)c4nc(c(-c5ccccc5)c5ccc2[nH]5)C=C4)C=C3)cc1)C(=O)CNC. The average molecular weight is 1420 g/mol. The summed E-state index contributed by atoms with van der Waals surface area (Å²) in [5.74, 6) is -5.35. The van der Waals surface area contributed by atoms with Crippen molar-refractivity contribution in [2.75, 3.05) is 70.5 Å². The first-order valence-corrected chi connectivity index (χ1v) is 35.3. The van der Waals surface area contributed by atoms with Crippen LogP contribution in [0.5, 0.6) is 0 Å². The number of hydrogen-bond donors (Lipinski definition) is 12. The van der Waals surface area contributed by atoms with Crippen LogP contribution in [-0.2, 0) is 38.4 Å². The van der Waals surface area contributed by atoms with Crippen molar-refractivity contribution in [1.29, 1.82) is 0 Å². The summed E-state index contributed by atoms with van der Waals surface area (Å²) in [6.07, 6.45) is 8.36. The van der Waals surface area contributed by atoms with Gasteiger partial charge in [-0.1, -0.05) is 129 Å². The molecule has 0 aliphatic carbocycles. The Labute approximate surface area is 609 Å². The number of fused-ring (bicyclic) bond motifs is 8. The van der Waals surface area contributed by atoms with Crippen LogP contribution in [0.4, 0.5) is 11.4 Å². The minimum Gasteiger partial charge on any atom is -0.373 e. The number of likely N-dealkylation sites (N-methyl/N-ethyl adjacent to an activating group) is 2. The van der Waals surface area contributed by atoms with E-state index in [2.05, 4.69) is 119 Å². The van der Waals surface area contributed by atoms with Gasteiger partial charge in [0, 0.05) is 87.2 Å². The zero-order valence-electron chi connectivity index (χ0n) is 59.5. The number of para-hydroxylation sites is 1. The number of ketones is 1. The first kappa shape index (κ1) is 75.7. The molecule has 5 heterocycles. The summed E-state index contributed by atoms with van der Waals surface area (Å²) >= 11 is 0. The molecule has 3 atom stereocenters. The van der Waals surface area contributed by atoms with E-state index < -0.39 is 78.2 Å². The second kappa shape index (κ2) is 36.7. The topological polar surface area (TPSA) is 349 Å². The van der Waals surface area contributed by atoms with Gasteiger partial charge < -0.3 is 63.6 Å². The smallest absolute Gasteiger partial charge is 0.243 e. The highest BCUT2D eigenvalue weighted by molar-refractivity contribution is 6.07. The molecule has 10 rings (SSSR count). The standard InChI is InChI=1S/C81H89N15O9/c1-50(2)45-67(80(104)88-48-72(100)86-44-43-85-71(99)47-83-4)95-79(103)51(3)89-58-26-16-15-25-57(58)69(97)46-87-81(105)68(27-17-18-42-82)96(74(102)49-84-5)73(101)41-40-70(98)90-56-30-28-55(29-31-56)78-65-38-36-63(93-65)76(53-21-11-7-12-22-53)61-34-32-59(91-61)75(52-19-9-6-10-20-52)60-33-35-62(92-60)77(54-23-13-8-14-24-54)64-37-39-66(78)94-64/h6-16,19-26,28-39,50-51,67-68,83-84,89,91,94H,17-18,27,40-49,82H2,1-5H3,(H,85,99)(H,86,100)(H,87,105)(H,88,104)(H,90,98)(H,95,103). The third-order valence-electron chi connectivity index (χ3n) is 17.7. The number of carbonyl (C=O) groups is 9. The van der Waals surface area contributed by atoms with Crippen molar-refractivity contribution in [2.45, 2.75) is 77.4 Å². The van der Waals surface area contributed by atoms with Gasteiger partial charge in [0.2, 0.25) is 47.3 Å². The fraction of sp³-hybridized carbons (Fsp3) is 0.272. The number of unbranched alkanes of at least 4 members (excludes halogenated alkanes) is 1. The highest BCUT2D eigenvalue weighted by Gasteiger charge is 2.35. The van der Waals surface area contributed by atoms with Crippen LogP contribution in [0, 0.1) is 5.92 Å². The lowest BCUT2D eigenvalue weighted by molar-refractivity contribution is -0.152. The Kier molecular flexibility index (Phi) is 26.5. The summed E-state index contributed by atoms with van der Waals surface area (Å²) in [5, 5.41) is 24.7. The lowest BCUT2D eigenvalue weighted by Gasteiger charge is -2.29. The van der Waals surface area contributed by atoms with E-state index in [-0.39, 0.29) is 81.6 Å². The maximum absolute atomic E-state index is 14.4. The van der Waals surface area contributed by atoms with Gasteiger partial charge in [-0.25, -0.2) is 9.97 Å². The molecule has 0 saturated heterocycles. The third-order valence-corrected chi connectivity index (χ3v) is 17.7. The van der Waals surface area contributed by atoms with Crippen LogP contribution in [0.25, 0.3) is 90.9 Å². The minimum absolute atomic E-state index is 0.000969. The number of H-pyrrole nitrogens is 2. The van der Waals surface area contributed by atoms with Crippen LogP contribution >= 0.6 is 0 Å². The van der Waals surface area contributed by atoms with Crippen LogP contribution in [0.2, 0.25) is 0 Å². The molecule has 8 bridgehead atoms. The quantitative estimate of drug-likeness (QED) is 0.0135. The number of rotatable bonds is 33. The molecule has 0 saturated carbocycles. The molecule has 0 spiro atoms. The van der Waals surface area contributed by atoms with Gasteiger partial charge in [0.15, 0.2) is 5.78 Å². The Morgan fingerprint density at radius 1 is 0.467 bits per heavy atom. The molecule has 13 N–H and O–H groups in total. The van der Waals surface area contributed by atoms with Crippen molar-refractivity contribution in [3.05, 3.63) is 192 Å². The summed E-state index contributed by atoms with van der Waals surface area (Å²) in [5.41, 5.74) is 20.2. The van der Waals surface area contributed by atoms with Gasteiger partial charge in [-0.3, -0.25) is 48.1 Å². The predicted octanol–water partition coefficient (Wildman–Crippen LogP) is 9.01. The largest absolute Gasteiger partial charge is 0.373 e. The van der Waals surface area contributed by atoms with E-state index in [1.165, 1.54) is 13.1 Å². The van der Waals surface area contributed by atoms with E-state index in [0.717, 1.165) is 88.6 Å². The molecule has 542 valence electrons. The van der Waals surface area contributed by atoms with Crippen molar-refractivity contribution in [3.63, 3.8) is 0 Å².